The minimum Gasteiger partial charge on any atom is -0.357 e. The van der Waals surface area contributed by atoms with Crippen molar-refractivity contribution < 1.29 is 18.0 Å². The van der Waals surface area contributed by atoms with E-state index in [4.69, 9.17) is 0 Å². The van der Waals surface area contributed by atoms with Crippen LogP contribution in [-0.4, -0.2) is 35.4 Å². The van der Waals surface area contributed by atoms with Gasteiger partial charge in [0, 0.05) is 32.1 Å². The number of carbonyl (C=O) groups is 1. The Labute approximate surface area is 162 Å². The Hall–Kier alpha value is -2.57. The van der Waals surface area contributed by atoms with Gasteiger partial charge in [0.2, 0.25) is 5.91 Å². The number of piperidine rings is 1. The number of rotatable bonds is 2. The molecule has 1 saturated heterocycles. The van der Waals surface area contributed by atoms with E-state index in [2.05, 4.69) is 17.1 Å². The van der Waals surface area contributed by atoms with Crippen LogP contribution >= 0.6 is 0 Å². The maximum absolute atomic E-state index is 12.9. The zero-order chi connectivity index (χ0) is 19.7. The first-order valence-electron chi connectivity index (χ1n) is 9.56. The van der Waals surface area contributed by atoms with E-state index in [1.54, 1.807) is 6.07 Å². The molecule has 0 radical (unpaired) electrons. The van der Waals surface area contributed by atoms with Gasteiger partial charge in [-0.3, -0.25) is 4.79 Å². The van der Waals surface area contributed by atoms with Crippen molar-refractivity contribution in [2.45, 2.75) is 32.0 Å². The second kappa shape index (κ2) is 7.45. The minimum atomic E-state index is -4.45. The van der Waals surface area contributed by atoms with Gasteiger partial charge in [-0.15, -0.1) is 0 Å². The summed E-state index contributed by atoms with van der Waals surface area (Å²) in [7, 11) is 0. The third-order valence-electron chi connectivity index (χ3n) is 5.64. The number of amides is 1. The zero-order valence-corrected chi connectivity index (χ0v) is 15.5. The molecule has 2 aliphatic rings. The molecule has 0 unspecified atom stereocenters. The lowest BCUT2D eigenvalue weighted by Crippen LogP contribution is -2.44. The summed E-state index contributed by atoms with van der Waals surface area (Å²) >= 11 is 0. The Bertz CT molecular complexity index is 860. The highest BCUT2D eigenvalue weighted by molar-refractivity contribution is 5.79. The van der Waals surface area contributed by atoms with Crippen LogP contribution in [0.2, 0.25) is 0 Å². The zero-order valence-electron chi connectivity index (χ0n) is 15.5. The largest absolute Gasteiger partial charge is 0.433 e. The number of nitrogens with zero attached hydrogens (tertiary/aromatic N) is 3. The van der Waals surface area contributed by atoms with Crippen molar-refractivity contribution in [2.24, 2.45) is 5.92 Å². The smallest absolute Gasteiger partial charge is 0.357 e. The summed E-state index contributed by atoms with van der Waals surface area (Å²) in [5, 5.41) is 0. The molecule has 148 valence electrons. The Morgan fingerprint density at radius 2 is 1.68 bits per heavy atom. The monoisotopic (exact) mass is 389 g/mol. The molecule has 0 N–H and O–H groups in total. The molecule has 0 spiro atoms. The minimum absolute atomic E-state index is 0.0766. The third kappa shape index (κ3) is 3.84. The van der Waals surface area contributed by atoms with Crippen molar-refractivity contribution in [1.82, 2.24) is 9.88 Å². The van der Waals surface area contributed by atoms with Crippen LogP contribution in [0, 0.1) is 5.92 Å². The van der Waals surface area contributed by atoms with Crippen LogP contribution in [0.3, 0.4) is 0 Å². The molecule has 0 aliphatic carbocycles. The van der Waals surface area contributed by atoms with Gasteiger partial charge < -0.3 is 9.80 Å². The second-order valence-electron chi connectivity index (χ2n) is 7.42. The fraction of sp³-hybridized carbons (Fsp3) is 0.429. The van der Waals surface area contributed by atoms with Crippen LogP contribution in [0.25, 0.3) is 0 Å². The normalized spacial score (nSPS) is 18.1. The van der Waals surface area contributed by atoms with Gasteiger partial charge in [0.1, 0.15) is 11.5 Å². The van der Waals surface area contributed by atoms with Crippen molar-refractivity contribution in [3.05, 3.63) is 59.3 Å². The molecular formula is C21H22F3N3O. The Kier molecular flexibility index (Phi) is 5.00. The molecule has 2 aliphatic heterocycles. The number of fused-ring (bicyclic) bond motifs is 1. The van der Waals surface area contributed by atoms with E-state index in [1.165, 1.54) is 17.2 Å². The highest BCUT2D eigenvalue weighted by atomic mass is 19.4. The lowest BCUT2D eigenvalue weighted by atomic mass is 9.93. The Morgan fingerprint density at radius 1 is 0.964 bits per heavy atom. The SMILES string of the molecule is O=C(C1CCN(c2cccc(C(F)(F)F)n2)CC1)N1CCc2ccccc2C1. The summed E-state index contributed by atoms with van der Waals surface area (Å²) in [5.41, 5.74) is 1.62. The fourth-order valence-corrected chi connectivity index (χ4v) is 4.05. The van der Waals surface area contributed by atoms with Crippen LogP contribution in [0.5, 0.6) is 0 Å². The van der Waals surface area contributed by atoms with Crippen molar-refractivity contribution >= 4 is 11.7 Å². The molecule has 1 fully saturated rings. The lowest BCUT2D eigenvalue weighted by Gasteiger charge is -2.36. The van der Waals surface area contributed by atoms with Crippen molar-refractivity contribution in [1.29, 1.82) is 0 Å². The van der Waals surface area contributed by atoms with Gasteiger partial charge in [0.15, 0.2) is 0 Å². The molecule has 4 nitrogen and oxygen atoms in total. The second-order valence-corrected chi connectivity index (χ2v) is 7.42. The summed E-state index contributed by atoms with van der Waals surface area (Å²) in [6, 6.07) is 12.1. The number of pyridine rings is 1. The van der Waals surface area contributed by atoms with Crippen molar-refractivity contribution in [3.63, 3.8) is 0 Å². The summed E-state index contributed by atoms with van der Waals surface area (Å²) in [6.45, 7) is 2.44. The first-order chi connectivity index (χ1) is 13.4. The molecule has 7 heteroatoms. The molecule has 1 amide bonds. The van der Waals surface area contributed by atoms with Crippen molar-refractivity contribution in [2.75, 3.05) is 24.5 Å². The molecule has 0 atom stereocenters. The number of benzene rings is 1. The maximum Gasteiger partial charge on any atom is 0.433 e. The average molecular weight is 389 g/mol. The summed E-state index contributed by atoms with van der Waals surface area (Å²) < 4.78 is 38.6. The van der Waals surface area contributed by atoms with Gasteiger partial charge in [-0.25, -0.2) is 4.98 Å². The topological polar surface area (TPSA) is 36.4 Å². The number of carbonyl (C=O) groups excluding carboxylic acids is 1. The van der Waals surface area contributed by atoms with Gasteiger partial charge in [0.05, 0.1) is 0 Å². The third-order valence-corrected chi connectivity index (χ3v) is 5.64. The Morgan fingerprint density at radius 3 is 2.39 bits per heavy atom. The number of hydrogen-bond donors (Lipinski definition) is 0. The number of aromatic nitrogens is 1. The van der Waals surface area contributed by atoms with E-state index in [-0.39, 0.29) is 11.8 Å². The molecule has 1 aromatic heterocycles. The fourth-order valence-electron chi connectivity index (χ4n) is 4.05. The summed E-state index contributed by atoms with van der Waals surface area (Å²) in [5.74, 6) is 0.408. The van der Waals surface area contributed by atoms with E-state index in [0.717, 1.165) is 19.0 Å². The van der Waals surface area contributed by atoms with Gasteiger partial charge >= 0.3 is 6.18 Å². The number of hydrogen-bond acceptors (Lipinski definition) is 3. The highest BCUT2D eigenvalue weighted by Crippen LogP contribution is 2.30. The molecule has 0 saturated carbocycles. The van der Waals surface area contributed by atoms with Crippen molar-refractivity contribution in [3.8, 4) is 0 Å². The summed E-state index contributed by atoms with van der Waals surface area (Å²) in [6.07, 6.45) is -2.31. The predicted molar refractivity (Wildman–Crippen MR) is 99.7 cm³/mol. The molecule has 2 aromatic rings. The Balaban J connectivity index is 1.38. The van der Waals surface area contributed by atoms with Gasteiger partial charge in [-0.2, -0.15) is 13.2 Å². The van der Waals surface area contributed by atoms with Crippen LogP contribution < -0.4 is 4.90 Å². The van der Waals surface area contributed by atoms with Crippen LogP contribution in [0.1, 0.15) is 29.7 Å². The quantitative estimate of drug-likeness (QED) is 0.782. The molecule has 0 bridgehead atoms. The first-order valence-corrected chi connectivity index (χ1v) is 9.56. The van der Waals surface area contributed by atoms with Crippen LogP contribution in [0.4, 0.5) is 19.0 Å². The van der Waals surface area contributed by atoms with Crippen LogP contribution in [0.15, 0.2) is 42.5 Å². The summed E-state index contributed by atoms with van der Waals surface area (Å²) in [4.78, 5) is 20.5. The molecular weight excluding hydrogens is 367 g/mol. The maximum atomic E-state index is 12.9. The van der Waals surface area contributed by atoms with E-state index in [1.807, 2.05) is 21.9 Å². The number of halogens is 3. The predicted octanol–water partition coefficient (Wildman–Crippen LogP) is 3.90. The average Bonchev–Trinajstić information content (AvgIpc) is 2.72. The van der Waals surface area contributed by atoms with E-state index >= 15 is 0 Å². The molecule has 3 heterocycles. The lowest BCUT2D eigenvalue weighted by molar-refractivity contribution is -0.141. The van der Waals surface area contributed by atoms with Gasteiger partial charge in [-0.1, -0.05) is 30.3 Å². The highest BCUT2D eigenvalue weighted by Gasteiger charge is 2.34. The standard InChI is InChI=1S/C21H22F3N3O/c22-21(23,24)18-6-3-7-19(25-18)26-11-9-16(10-12-26)20(28)27-13-8-15-4-1-2-5-17(15)14-27/h1-7,16H,8-14H2. The molecule has 4 rings (SSSR count). The van der Waals surface area contributed by atoms with Gasteiger partial charge in [0.25, 0.3) is 0 Å². The van der Waals surface area contributed by atoms with E-state index < -0.39 is 11.9 Å². The number of alkyl halides is 3. The van der Waals surface area contributed by atoms with Crippen LogP contribution in [-0.2, 0) is 23.9 Å². The van der Waals surface area contributed by atoms with E-state index in [9.17, 15) is 18.0 Å². The van der Waals surface area contributed by atoms with E-state index in [0.29, 0.717) is 38.3 Å². The molecule has 1 aromatic carbocycles. The first kappa shape index (κ1) is 18.8. The number of anilines is 1. The van der Waals surface area contributed by atoms with Gasteiger partial charge in [-0.05, 0) is 42.5 Å². The molecule has 28 heavy (non-hydrogen) atoms.